The van der Waals surface area contributed by atoms with E-state index in [-0.39, 0.29) is 6.04 Å². The zero-order valence-electron chi connectivity index (χ0n) is 18.9. The van der Waals surface area contributed by atoms with E-state index in [0.717, 1.165) is 49.7 Å². The molecule has 2 heterocycles. The van der Waals surface area contributed by atoms with Crippen LogP contribution in [0.15, 0.2) is 60.9 Å². The van der Waals surface area contributed by atoms with Crippen LogP contribution in [0.4, 0.5) is 18.3 Å². The van der Waals surface area contributed by atoms with E-state index in [1.54, 1.807) is 17.5 Å². The summed E-state index contributed by atoms with van der Waals surface area (Å²) in [7, 11) is 4.00. The van der Waals surface area contributed by atoms with Gasteiger partial charge in [-0.2, -0.15) is 13.2 Å². The topological polar surface area (TPSA) is 67.1 Å². The molecule has 178 valence electrons. The Morgan fingerprint density at radius 2 is 1.82 bits per heavy atom. The van der Waals surface area contributed by atoms with Crippen LogP contribution in [0.5, 0.6) is 0 Å². The Morgan fingerprint density at radius 3 is 2.53 bits per heavy atom. The molecule has 2 aromatic heterocycles. The molecule has 5 nitrogen and oxygen atoms in total. The molecule has 0 radical (unpaired) electrons. The summed E-state index contributed by atoms with van der Waals surface area (Å²) in [4.78, 5) is 12.1. The maximum absolute atomic E-state index is 12.8. The Labute approximate surface area is 200 Å². The fraction of sp³-hybridized carbons (Fsp3) is 0.280. The largest absolute Gasteiger partial charge is 0.416 e. The second-order valence-corrected chi connectivity index (χ2v) is 9.51. The predicted molar refractivity (Wildman–Crippen MR) is 132 cm³/mol. The highest BCUT2D eigenvalue weighted by Gasteiger charge is 2.30. The average molecular weight is 486 g/mol. The van der Waals surface area contributed by atoms with Crippen LogP contribution in [0.2, 0.25) is 0 Å². The zero-order chi connectivity index (χ0) is 24.3. The second-order valence-electron chi connectivity index (χ2n) is 8.51. The molecule has 1 atom stereocenters. The van der Waals surface area contributed by atoms with Crippen LogP contribution in [0.3, 0.4) is 0 Å². The third kappa shape index (κ3) is 5.91. The number of thiazole rings is 1. The number of anilines is 1. The number of fused-ring (bicyclic) bond motifs is 1. The van der Waals surface area contributed by atoms with Crippen molar-refractivity contribution in [3.63, 3.8) is 0 Å². The summed E-state index contributed by atoms with van der Waals surface area (Å²) in [6.45, 7) is 1.15. The molecular formula is C25H26F3N5S. The van der Waals surface area contributed by atoms with E-state index in [4.69, 9.17) is 10.7 Å². The molecule has 4 rings (SSSR count). The van der Waals surface area contributed by atoms with Gasteiger partial charge in [-0.3, -0.25) is 4.98 Å². The predicted octanol–water partition coefficient (Wildman–Crippen LogP) is 5.42. The van der Waals surface area contributed by atoms with Gasteiger partial charge in [-0.25, -0.2) is 4.98 Å². The van der Waals surface area contributed by atoms with Crippen molar-refractivity contribution in [2.24, 2.45) is 5.73 Å². The second kappa shape index (κ2) is 10.1. The Hall–Kier alpha value is -3.01. The number of benzene rings is 2. The fourth-order valence-corrected chi connectivity index (χ4v) is 4.68. The van der Waals surface area contributed by atoms with Crippen LogP contribution in [-0.2, 0) is 19.1 Å². The van der Waals surface area contributed by atoms with E-state index in [0.29, 0.717) is 19.5 Å². The van der Waals surface area contributed by atoms with Gasteiger partial charge < -0.3 is 16.0 Å². The summed E-state index contributed by atoms with van der Waals surface area (Å²) in [6.07, 6.45) is -0.244. The first-order chi connectivity index (χ1) is 16.2. The van der Waals surface area contributed by atoms with Crippen LogP contribution in [0.25, 0.3) is 21.2 Å². The number of pyridine rings is 1. The lowest BCUT2D eigenvalue weighted by Crippen LogP contribution is -2.31. The number of alkyl halides is 3. The summed E-state index contributed by atoms with van der Waals surface area (Å²) in [5.74, 6) is 0. The molecule has 0 amide bonds. The van der Waals surface area contributed by atoms with Gasteiger partial charge in [0.1, 0.15) is 0 Å². The maximum Gasteiger partial charge on any atom is 0.416 e. The quantitative estimate of drug-likeness (QED) is 0.349. The minimum atomic E-state index is -4.34. The highest BCUT2D eigenvalue weighted by atomic mass is 32.1. The molecule has 0 aliphatic rings. The zero-order valence-corrected chi connectivity index (χ0v) is 19.7. The van der Waals surface area contributed by atoms with Gasteiger partial charge in [0.05, 0.1) is 16.1 Å². The summed E-state index contributed by atoms with van der Waals surface area (Å²) in [5, 5.41) is 6.28. The van der Waals surface area contributed by atoms with Crippen molar-refractivity contribution in [2.75, 3.05) is 26.0 Å². The van der Waals surface area contributed by atoms with E-state index < -0.39 is 11.7 Å². The van der Waals surface area contributed by atoms with E-state index in [1.807, 2.05) is 26.4 Å². The van der Waals surface area contributed by atoms with E-state index >= 15 is 0 Å². The fourth-order valence-electron chi connectivity index (χ4n) is 3.71. The molecule has 34 heavy (non-hydrogen) atoms. The smallest absolute Gasteiger partial charge is 0.360 e. The molecular weight excluding hydrogens is 459 g/mol. The first-order valence-corrected chi connectivity index (χ1v) is 11.6. The van der Waals surface area contributed by atoms with E-state index in [1.165, 1.54) is 12.1 Å². The lowest BCUT2D eigenvalue weighted by molar-refractivity contribution is -0.137. The van der Waals surface area contributed by atoms with Gasteiger partial charge in [0.15, 0.2) is 5.13 Å². The molecule has 3 N–H and O–H groups in total. The summed E-state index contributed by atoms with van der Waals surface area (Å²) >= 11 is 1.57. The molecule has 0 saturated heterocycles. The minimum absolute atomic E-state index is 0.269. The highest BCUT2D eigenvalue weighted by molar-refractivity contribution is 7.19. The Bertz CT molecular complexity index is 1250. The van der Waals surface area contributed by atoms with E-state index in [2.05, 4.69) is 33.4 Å². The molecule has 4 aromatic rings. The lowest BCUT2D eigenvalue weighted by atomic mass is 10.0. The first kappa shape index (κ1) is 24.1. The standard InChI is InChI=1S/C25H26F3N5S/c1-33(2)15-22-23(18-5-6-19-13-30-10-9-17(19)12-18)34-24(32-22)31-14-21(29)11-16-3-7-20(8-4-16)25(26,27)28/h3-10,12-13,21H,11,14-15,29H2,1-2H3,(H,31,32)/t21-/m1/s1. The Balaban J connectivity index is 1.47. The average Bonchev–Trinajstić information content (AvgIpc) is 3.19. The Kier molecular flexibility index (Phi) is 7.16. The van der Waals surface area contributed by atoms with Gasteiger partial charge in [0, 0.05) is 36.9 Å². The number of nitrogens with zero attached hydrogens (tertiary/aromatic N) is 3. The molecule has 0 fully saturated rings. The molecule has 2 aromatic carbocycles. The van der Waals surface area contributed by atoms with Crippen LogP contribution < -0.4 is 11.1 Å². The van der Waals surface area contributed by atoms with Gasteiger partial charge in [-0.15, -0.1) is 0 Å². The van der Waals surface area contributed by atoms with Crippen LogP contribution >= 0.6 is 11.3 Å². The summed E-state index contributed by atoms with van der Waals surface area (Å²) < 4.78 is 38.3. The van der Waals surface area contributed by atoms with Crippen molar-refractivity contribution < 1.29 is 13.2 Å². The molecule has 0 bridgehead atoms. The third-order valence-corrected chi connectivity index (χ3v) is 6.47. The van der Waals surface area contributed by atoms with Crippen molar-refractivity contribution in [1.29, 1.82) is 0 Å². The lowest BCUT2D eigenvalue weighted by Gasteiger charge is -2.13. The van der Waals surface area contributed by atoms with Crippen LogP contribution in [-0.4, -0.2) is 41.5 Å². The van der Waals surface area contributed by atoms with E-state index in [9.17, 15) is 13.2 Å². The number of hydrogen-bond acceptors (Lipinski definition) is 6. The molecule has 0 aliphatic heterocycles. The monoisotopic (exact) mass is 485 g/mol. The van der Waals surface area contributed by atoms with Gasteiger partial charge in [0.25, 0.3) is 0 Å². The van der Waals surface area contributed by atoms with Crippen molar-refractivity contribution in [1.82, 2.24) is 14.9 Å². The van der Waals surface area contributed by atoms with Crippen molar-refractivity contribution in [3.05, 3.63) is 77.7 Å². The molecule has 0 aliphatic carbocycles. The number of rotatable bonds is 8. The maximum atomic E-state index is 12.8. The number of halogens is 3. The third-order valence-electron chi connectivity index (χ3n) is 5.36. The molecule has 0 spiro atoms. The van der Waals surface area contributed by atoms with Crippen molar-refractivity contribution in [2.45, 2.75) is 25.2 Å². The summed E-state index contributed by atoms with van der Waals surface area (Å²) in [6, 6.07) is 13.2. The summed E-state index contributed by atoms with van der Waals surface area (Å²) in [5.41, 5.74) is 8.43. The molecule has 0 saturated carbocycles. The van der Waals surface area contributed by atoms with Gasteiger partial charge in [-0.05, 0) is 61.3 Å². The number of nitrogens with two attached hydrogens (primary N) is 1. The van der Waals surface area contributed by atoms with Crippen LogP contribution in [0.1, 0.15) is 16.8 Å². The first-order valence-electron chi connectivity index (χ1n) is 10.8. The SMILES string of the molecule is CN(C)Cc1nc(NC[C@H](N)Cc2ccc(C(F)(F)F)cc2)sc1-c1ccc2cnccc2c1. The van der Waals surface area contributed by atoms with Gasteiger partial charge in [-0.1, -0.05) is 35.6 Å². The van der Waals surface area contributed by atoms with Gasteiger partial charge in [0.2, 0.25) is 0 Å². The molecule has 0 unspecified atom stereocenters. The van der Waals surface area contributed by atoms with Gasteiger partial charge >= 0.3 is 6.18 Å². The molecule has 9 heteroatoms. The van der Waals surface area contributed by atoms with Crippen molar-refractivity contribution in [3.8, 4) is 10.4 Å². The number of hydrogen-bond donors (Lipinski definition) is 2. The highest BCUT2D eigenvalue weighted by Crippen LogP contribution is 2.35. The van der Waals surface area contributed by atoms with Crippen LogP contribution in [0, 0.1) is 0 Å². The van der Waals surface area contributed by atoms with Crippen molar-refractivity contribution >= 4 is 27.2 Å². The Morgan fingerprint density at radius 1 is 1.06 bits per heavy atom. The number of nitrogens with one attached hydrogen (secondary N) is 1. The minimum Gasteiger partial charge on any atom is -0.360 e. The normalized spacial score (nSPS) is 12.9. The number of aromatic nitrogens is 2.